The lowest BCUT2D eigenvalue weighted by Crippen LogP contribution is -2.32. The van der Waals surface area contributed by atoms with Gasteiger partial charge in [-0.05, 0) is 22.6 Å². The number of benzene rings is 1. The van der Waals surface area contributed by atoms with Crippen molar-refractivity contribution in [3.8, 4) is 12.3 Å². The summed E-state index contributed by atoms with van der Waals surface area (Å²) in [6.07, 6.45) is 5.15. The molecule has 0 bridgehead atoms. The Kier molecular flexibility index (Phi) is 7.26. The van der Waals surface area contributed by atoms with Crippen molar-refractivity contribution in [1.29, 1.82) is 0 Å². The average molecular weight is 419 g/mol. The quantitative estimate of drug-likeness (QED) is 0.313. The van der Waals surface area contributed by atoms with Crippen molar-refractivity contribution in [2.24, 2.45) is 12.2 Å². The highest BCUT2D eigenvalue weighted by atomic mass is 16.6. The van der Waals surface area contributed by atoms with E-state index in [0.717, 1.165) is 5.56 Å². The molecular formula is C21H21N7O3. The number of methoxy groups -OCH3 is 1. The van der Waals surface area contributed by atoms with Gasteiger partial charge < -0.3 is 9.57 Å². The van der Waals surface area contributed by atoms with E-state index in [0.29, 0.717) is 29.5 Å². The van der Waals surface area contributed by atoms with Gasteiger partial charge in [0.15, 0.2) is 12.3 Å². The number of ether oxygens (including phenoxy) is 1. The Labute approximate surface area is 179 Å². The first-order valence-electron chi connectivity index (χ1n) is 9.37. The maximum absolute atomic E-state index is 12.1. The summed E-state index contributed by atoms with van der Waals surface area (Å²) in [6.45, 7) is 0.357. The SMILES string of the molecule is C#CCCN(C(=O)OC)c1cccc(CO/N=C(/c2ccccc2)c2nnnn2C)n1. The molecule has 0 N–H and O–H groups in total. The molecular weight excluding hydrogens is 398 g/mol. The second-order valence-electron chi connectivity index (χ2n) is 6.27. The highest BCUT2D eigenvalue weighted by Crippen LogP contribution is 2.15. The lowest BCUT2D eigenvalue weighted by atomic mass is 10.1. The zero-order valence-electron chi connectivity index (χ0n) is 17.2. The maximum atomic E-state index is 12.1. The number of hydrogen-bond acceptors (Lipinski definition) is 8. The van der Waals surface area contributed by atoms with E-state index in [4.69, 9.17) is 16.0 Å². The van der Waals surface area contributed by atoms with Gasteiger partial charge >= 0.3 is 6.09 Å². The molecule has 10 nitrogen and oxygen atoms in total. The van der Waals surface area contributed by atoms with E-state index < -0.39 is 6.09 Å². The molecule has 31 heavy (non-hydrogen) atoms. The van der Waals surface area contributed by atoms with Crippen molar-refractivity contribution in [3.63, 3.8) is 0 Å². The van der Waals surface area contributed by atoms with Crippen LogP contribution < -0.4 is 4.90 Å². The monoisotopic (exact) mass is 419 g/mol. The molecule has 0 atom stereocenters. The molecule has 0 saturated heterocycles. The van der Waals surface area contributed by atoms with Gasteiger partial charge in [-0.25, -0.2) is 14.5 Å². The Balaban J connectivity index is 1.80. The molecule has 0 spiro atoms. The van der Waals surface area contributed by atoms with E-state index in [1.54, 1.807) is 25.2 Å². The highest BCUT2D eigenvalue weighted by molar-refractivity contribution is 6.10. The fourth-order valence-electron chi connectivity index (χ4n) is 2.70. The van der Waals surface area contributed by atoms with E-state index in [1.165, 1.54) is 16.7 Å². The second kappa shape index (κ2) is 10.5. The number of aromatic nitrogens is 5. The van der Waals surface area contributed by atoms with Crippen LogP contribution in [-0.4, -0.2) is 50.7 Å². The molecule has 0 aliphatic rings. The number of rotatable bonds is 8. The molecule has 0 aliphatic carbocycles. The van der Waals surface area contributed by atoms with E-state index in [2.05, 4.69) is 31.6 Å². The molecule has 0 fully saturated rings. The van der Waals surface area contributed by atoms with Gasteiger partial charge in [-0.2, -0.15) is 0 Å². The summed E-state index contributed by atoms with van der Waals surface area (Å²) >= 11 is 0. The maximum Gasteiger partial charge on any atom is 0.415 e. The molecule has 158 valence electrons. The van der Waals surface area contributed by atoms with Crippen LogP contribution in [0, 0.1) is 12.3 Å². The van der Waals surface area contributed by atoms with Crippen LogP contribution in [-0.2, 0) is 23.2 Å². The normalized spacial score (nSPS) is 10.9. The molecule has 0 unspecified atom stereocenters. The fourth-order valence-corrected chi connectivity index (χ4v) is 2.70. The summed E-state index contributed by atoms with van der Waals surface area (Å²) in [4.78, 5) is 23.5. The van der Waals surface area contributed by atoms with Gasteiger partial charge in [-0.3, -0.25) is 4.90 Å². The van der Waals surface area contributed by atoms with Crippen LogP contribution in [0.2, 0.25) is 0 Å². The topological polar surface area (TPSA) is 108 Å². The van der Waals surface area contributed by atoms with Crippen LogP contribution in [0.25, 0.3) is 0 Å². The Morgan fingerprint density at radius 1 is 1.23 bits per heavy atom. The highest BCUT2D eigenvalue weighted by Gasteiger charge is 2.18. The molecule has 0 radical (unpaired) electrons. The third kappa shape index (κ3) is 5.42. The minimum absolute atomic E-state index is 0.0691. The number of carbonyl (C=O) groups is 1. The predicted octanol–water partition coefficient (Wildman–Crippen LogP) is 2.17. The lowest BCUT2D eigenvalue weighted by Gasteiger charge is -2.19. The molecule has 10 heteroatoms. The van der Waals surface area contributed by atoms with E-state index in [-0.39, 0.29) is 13.2 Å². The van der Waals surface area contributed by atoms with Crippen LogP contribution >= 0.6 is 0 Å². The standard InChI is InChI=1S/C21H21N7O3/c1-4-5-14-28(21(29)30-3)18-13-9-12-17(22-18)15-31-24-19(16-10-7-6-8-11-16)20-23-25-26-27(20)2/h1,6-13H,5,14-15H2,2-3H3/b24-19-. The number of carbonyl (C=O) groups excluding carboxylic acids is 1. The number of nitrogens with zero attached hydrogens (tertiary/aromatic N) is 7. The number of pyridine rings is 1. The summed E-state index contributed by atoms with van der Waals surface area (Å²) in [5, 5.41) is 15.8. The van der Waals surface area contributed by atoms with E-state index in [9.17, 15) is 4.79 Å². The summed E-state index contributed by atoms with van der Waals surface area (Å²) in [5.74, 6) is 3.37. The molecule has 2 aromatic heterocycles. The summed E-state index contributed by atoms with van der Waals surface area (Å²) in [7, 11) is 3.02. The van der Waals surface area contributed by atoms with Gasteiger partial charge in [0.2, 0.25) is 5.82 Å². The zero-order valence-corrected chi connectivity index (χ0v) is 17.2. The van der Waals surface area contributed by atoms with Crippen LogP contribution in [0.5, 0.6) is 0 Å². The summed E-state index contributed by atoms with van der Waals surface area (Å²) in [6, 6.07) is 14.7. The third-order valence-corrected chi connectivity index (χ3v) is 4.19. The third-order valence-electron chi connectivity index (χ3n) is 4.19. The average Bonchev–Trinajstić information content (AvgIpc) is 3.23. The van der Waals surface area contributed by atoms with Gasteiger partial charge in [0.25, 0.3) is 0 Å². The Hall–Kier alpha value is -4.26. The van der Waals surface area contributed by atoms with Gasteiger partial charge in [0, 0.05) is 25.6 Å². The number of oxime groups is 1. The minimum atomic E-state index is -0.542. The predicted molar refractivity (Wildman–Crippen MR) is 113 cm³/mol. The van der Waals surface area contributed by atoms with Crippen molar-refractivity contribution in [1.82, 2.24) is 25.2 Å². The van der Waals surface area contributed by atoms with Gasteiger partial charge in [0.05, 0.1) is 12.8 Å². The van der Waals surface area contributed by atoms with Crippen molar-refractivity contribution in [2.75, 3.05) is 18.6 Å². The second-order valence-corrected chi connectivity index (χ2v) is 6.27. The zero-order chi connectivity index (χ0) is 22.1. The van der Waals surface area contributed by atoms with Crippen LogP contribution in [0.15, 0.2) is 53.7 Å². The van der Waals surface area contributed by atoms with E-state index in [1.807, 2.05) is 30.3 Å². The minimum Gasteiger partial charge on any atom is -0.452 e. The molecule has 1 aromatic carbocycles. The Morgan fingerprint density at radius 2 is 2.03 bits per heavy atom. The number of aryl methyl sites for hydroxylation is 1. The fraction of sp³-hybridized carbons (Fsp3) is 0.238. The van der Waals surface area contributed by atoms with Crippen LogP contribution in [0.4, 0.5) is 10.6 Å². The first kappa shape index (κ1) is 21.4. The number of amides is 1. The van der Waals surface area contributed by atoms with Crippen LogP contribution in [0.1, 0.15) is 23.5 Å². The number of terminal acetylenes is 1. The first-order valence-corrected chi connectivity index (χ1v) is 9.37. The molecule has 0 aliphatic heterocycles. The lowest BCUT2D eigenvalue weighted by molar-refractivity contribution is 0.128. The van der Waals surface area contributed by atoms with Crippen LogP contribution in [0.3, 0.4) is 0 Å². The van der Waals surface area contributed by atoms with Gasteiger partial charge in [-0.1, -0.05) is 41.6 Å². The van der Waals surface area contributed by atoms with Gasteiger partial charge in [0.1, 0.15) is 5.82 Å². The van der Waals surface area contributed by atoms with Crippen molar-refractivity contribution in [2.45, 2.75) is 13.0 Å². The first-order chi connectivity index (χ1) is 15.1. The number of anilines is 1. The van der Waals surface area contributed by atoms with Crippen molar-refractivity contribution in [3.05, 3.63) is 65.6 Å². The van der Waals surface area contributed by atoms with Crippen molar-refractivity contribution < 1.29 is 14.4 Å². The van der Waals surface area contributed by atoms with Crippen molar-refractivity contribution >= 4 is 17.6 Å². The summed E-state index contributed by atoms with van der Waals surface area (Å²) < 4.78 is 6.33. The molecule has 1 amide bonds. The van der Waals surface area contributed by atoms with E-state index >= 15 is 0 Å². The number of tetrazole rings is 1. The molecule has 0 saturated carbocycles. The number of hydrogen-bond donors (Lipinski definition) is 0. The molecule has 3 rings (SSSR count). The molecule has 3 aromatic rings. The van der Waals surface area contributed by atoms with Gasteiger partial charge in [-0.15, -0.1) is 17.4 Å². The Morgan fingerprint density at radius 3 is 2.71 bits per heavy atom. The molecule has 2 heterocycles. The smallest absolute Gasteiger partial charge is 0.415 e. The largest absolute Gasteiger partial charge is 0.452 e. The Bertz CT molecular complexity index is 1090. The summed E-state index contributed by atoms with van der Waals surface area (Å²) in [5.41, 5.74) is 1.85.